The van der Waals surface area contributed by atoms with Crippen LogP contribution in [-0.4, -0.2) is 40.7 Å². The van der Waals surface area contributed by atoms with Gasteiger partial charge in [0.2, 0.25) is 0 Å². The third-order valence-electron chi connectivity index (χ3n) is 9.82. The molecule has 1 aliphatic heterocycles. The van der Waals surface area contributed by atoms with Gasteiger partial charge in [-0.2, -0.15) is 0 Å². The number of rotatable bonds is 13. The van der Waals surface area contributed by atoms with E-state index in [1.807, 2.05) is 0 Å². The molecule has 4 atom stereocenters. The van der Waals surface area contributed by atoms with Crippen LogP contribution in [0, 0.1) is 17.3 Å². The lowest BCUT2D eigenvalue weighted by Crippen LogP contribution is -2.67. The smallest absolute Gasteiger partial charge is 0.305 e. The fourth-order valence-corrected chi connectivity index (χ4v) is 12.4. The van der Waals surface area contributed by atoms with Crippen molar-refractivity contribution in [3.8, 4) is 0 Å². The van der Waals surface area contributed by atoms with Gasteiger partial charge in [0.15, 0.2) is 0 Å². The van der Waals surface area contributed by atoms with Crippen LogP contribution >= 0.6 is 0 Å². The standard InChI is InChI=1S/C38H48O4Si/c1-37(2,3)43(31-20-12-8-13-21-31,32-22-14-9-15-23-32)42-28-33-34(24-16-5-6-17-25-36(39)40-4)38(27-35(33)41-29-38)26-30-18-10-7-11-19-30/h5,7-16,18-23,33-35H,6,17,24-29H2,1-4H3/b16-5-/t33-,34-,35-,38-/m1/s1. The topological polar surface area (TPSA) is 44.8 Å². The normalized spacial score (nSPS) is 23.6. The quantitative estimate of drug-likeness (QED) is 0.0913. The summed E-state index contributed by atoms with van der Waals surface area (Å²) in [6.07, 6.45) is 10.1. The molecule has 0 aromatic heterocycles. The van der Waals surface area contributed by atoms with E-state index in [-0.39, 0.29) is 22.5 Å². The van der Waals surface area contributed by atoms with E-state index in [1.54, 1.807) is 0 Å². The van der Waals surface area contributed by atoms with Crippen molar-refractivity contribution in [3.05, 3.63) is 109 Å². The van der Waals surface area contributed by atoms with Gasteiger partial charge in [0, 0.05) is 24.4 Å². The van der Waals surface area contributed by atoms with E-state index in [2.05, 4.69) is 124 Å². The van der Waals surface area contributed by atoms with Crippen molar-refractivity contribution >= 4 is 24.7 Å². The summed E-state index contributed by atoms with van der Waals surface area (Å²) < 4.78 is 18.9. The summed E-state index contributed by atoms with van der Waals surface area (Å²) in [5.41, 5.74) is 1.48. The Kier molecular flexibility index (Phi) is 10.1. The molecule has 1 heterocycles. The van der Waals surface area contributed by atoms with Crippen molar-refractivity contribution in [2.24, 2.45) is 17.3 Å². The predicted molar refractivity (Wildman–Crippen MR) is 177 cm³/mol. The van der Waals surface area contributed by atoms with Crippen molar-refractivity contribution in [3.63, 3.8) is 0 Å². The minimum absolute atomic E-state index is 0.0645. The first-order valence-electron chi connectivity index (χ1n) is 15.9. The Morgan fingerprint density at radius 1 is 0.930 bits per heavy atom. The van der Waals surface area contributed by atoms with Gasteiger partial charge >= 0.3 is 5.97 Å². The fourth-order valence-electron chi connectivity index (χ4n) is 7.75. The predicted octanol–water partition coefficient (Wildman–Crippen LogP) is 7.12. The van der Waals surface area contributed by atoms with Gasteiger partial charge in [0.05, 0.1) is 19.8 Å². The van der Waals surface area contributed by atoms with Gasteiger partial charge in [-0.15, -0.1) is 0 Å². The van der Waals surface area contributed by atoms with Gasteiger partial charge in [-0.25, -0.2) is 0 Å². The van der Waals surface area contributed by atoms with Crippen LogP contribution in [0.25, 0.3) is 0 Å². The van der Waals surface area contributed by atoms with Crippen molar-refractivity contribution in [2.75, 3.05) is 20.3 Å². The summed E-state index contributed by atoms with van der Waals surface area (Å²) in [5.74, 6) is 0.640. The molecule has 5 heteroatoms. The molecule has 0 amide bonds. The molecule has 0 radical (unpaired) electrons. The van der Waals surface area contributed by atoms with Crippen molar-refractivity contribution in [2.45, 2.75) is 70.4 Å². The number of methoxy groups -OCH3 is 1. The molecule has 0 spiro atoms. The zero-order valence-corrected chi connectivity index (χ0v) is 27.3. The lowest BCUT2D eigenvalue weighted by Gasteiger charge is -2.45. The number of hydrogen-bond acceptors (Lipinski definition) is 4. The molecule has 2 bridgehead atoms. The molecule has 3 aromatic rings. The Balaban J connectivity index is 1.43. The molecule has 43 heavy (non-hydrogen) atoms. The maximum absolute atomic E-state index is 11.6. The van der Waals surface area contributed by atoms with Crippen molar-refractivity contribution in [1.29, 1.82) is 0 Å². The number of unbranched alkanes of at least 4 members (excludes halogenated alkanes) is 1. The van der Waals surface area contributed by atoms with Crippen LogP contribution in [0.4, 0.5) is 0 Å². The molecule has 1 saturated carbocycles. The number of esters is 1. The molecule has 0 N–H and O–H groups in total. The van der Waals surface area contributed by atoms with E-state index in [0.29, 0.717) is 24.9 Å². The maximum Gasteiger partial charge on any atom is 0.305 e. The zero-order valence-electron chi connectivity index (χ0n) is 26.3. The third kappa shape index (κ3) is 6.74. The molecule has 4 nitrogen and oxygen atoms in total. The molecule has 1 saturated heterocycles. The van der Waals surface area contributed by atoms with Gasteiger partial charge in [0.1, 0.15) is 0 Å². The Bertz CT molecular complexity index is 1300. The van der Waals surface area contributed by atoms with Crippen LogP contribution in [0.5, 0.6) is 0 Å². The van der Waals surface area contributed by atoms with Crippen molar-refractivity contribution in [1.82, 2.24) is 0 Å². The molecule has 3 aromatic carbocycles. The van der Waals surface area contributed by atoms with Crippen LogP contribution in [0.2, 0.25) is 5.04 Å². The first-order valence-corrected chi connectivity index (χ1v) is 17.8. The average Bonchev–Trinajstić information content (AvgIpc) is 3.56. The molecular formula is C38H48O4Si. The van der Waals surface area contributed by atoms with E-state index in [4.69, 9.17) is 13.9 Å². The second-order valence-corrected chi connectivity index (χ2v) is 17.8. The molecular weight excluding hydrogens is 549 g/mol. The Morgan fingerprint density at radius 2 is 1.53 bits per heavy atom. The molecule has 2 aliphatic rings. The first-order chi connectivity index (χ1) is 20.8. The summed E-state index contributed by atoms with van der Waals surface area (Å²) in [6.45, 7) is 8.55. The van der Waals surface area contributed by atoms with E-state index in [1.165, 1.54) is 23.0 Å². The second kappa shape index (κ2) is 13.8. The minimum Gasteiger partial charge on any atom is -0.469 e. The van der Waals surface area contributed by atoms with Gasteiger partial charge in [-0.05, 0) is 59.0 Å². The van der Waals surface area contributed by atoms with Gasteiger partial charge < -0.3 is 13.9 Å². The number of allylic oxidation sites excluding steroid dienone is 2. The largest absolute Gasteiger partial charge is 0.469 e. The summed E-state index contributed by atoms with van der Waals surface area (Å²) in [6, 6.07) is 32.8. The number of ether oxygens (including phenoxy) is 2. The van der Waals surface area contributed by atoms with E-state index >= 15 is 0 Å². The Morgan fingerprint density at radius 3 is 2.12 bits per heavy atom. The summed E-state index contributed by atoms with van der Waals surface area (Å²) in [7, 11) is -1.20. The SMILES string of the molecule is COC(=O)CCC/C=C\C[C@@H]1[C@@H](CO[Si](c2ccccc2)(c2ccccc2)C(C)(C)C)[C@H]2C[C@]1(Cc1ccccc1)CO2. The first kappa shape index (κ1) is 31.4. The van der Waals surface area contributed by atoms with Crippen LogP contribution in [0.1, 0.15) is 58.4 Å². The number of carbonyl (C=O) groups excluding carboxylic acids is 1. The number of fused-ring (bicyclic) bond motifs is 2. The third-order valence-corrected chi connectivity index (χ3v) is 14.8. The van der Waals surface area contributed by atoms with Crippen LogP contribution in [0.15, 0.2) is 103 Å². The lowest BCUT2D eigenvalue weighted by atomic mass is 9.70. The fraction of sp³-hybridized carbons (Fsp3) is 0.447. The summed E-state index contributed by atoms with van der Waals surface area (Å²) in [4.78, 5) is 11.6. The number of benzene rings is 3. The molecule has 228 valence electrons. The van der Waals surface area contributed by atoms with E-state index in [0.717, 1.165) is 38.7 Å². The minimum atomic E-state index is -2.65. The molecule has 0 unspecified atom stereocenters. The monoisotopic (exact) mass is 596 g/mol. The van der Waals surface area contributed by atoms with Crippen LogP contribution < -0.4 is 10.4 Å². The summed E-state index contributed by atoms with van der Waals surface area (Å²) in [5, 5.41) is 2.57. The van der Waals surface area contributed by atoms with Gasteiger partial charge in [-0.1, -0.05) is 124 Å². The summed E-state index contributed by atoms with van der Waals surface area (Å²) >= 11 is 0. The molecule has 1 aliphatic carbocycles. The average molecular weight is 597 g/mol. The maximum atomic E-state index is 11.6. The lowest BCUT2D eigenvalue weighted by molar-refractivity contribution is -0.140. The van der Waals surface area contributed by atoms with Crippen molar-refractivity contribution < 1.29 is 18.7 Å². The highest BCUT2D eigenvalue weighted by atomic mass is 28.4. The highest BCUT2D eigenvalue weighted by Gasteiger charge is 2.59. The second-order valence-electron chi connectivity index (χ2n) is 13.5. The van der Waals surface area contributed by atoms with E-state index < -0.39 is 8.32 Å². The number of hydrogen-bond donors (Lipinski definition) is 0. The van der Waals surface area contributed by atoms with E-state index in [9.17, 15) is 4.79 Å². The highest BCUT2D eigenvalue weighted by molar-refractivity contribution is 6.99. The molecule has 5 rings (SSSR count). The Labute approximate surface area is 259 Å². The zero-order chi connectivity index (χ0) is 30.3. The van der Waals surface area contributed by atoms with Crippen LogP contribution in [0.3, 0.4) is 0 Å². The molecule has 2 fully saturated rings. The van der Waals surface area contributed by atoms with Crippen LogP contribution in [-0.2, 0) is 25.1 Å². The Hall–Kier alpha value is -2.99. The highest BCUT2D eigenvalue weighted by Crippen LogP contribution is 2.57. The van der Waals surface area contributed by atoms with Gasteiger partial charge in [0.25, 0.3) is 8.32 Å². The van der Waals surface area contributed by atoms with Gasteiger partial charge in [-0.3, -0.25) is 4.79 Å². The number of carbonyl (C=O) groups is 1.